The fourth-order valence-corrected chi connectivity index (χ4v) is 4.18. The summed E-state index contributed by atoms with van der Waals surface area (Å²) in [6.07, 6.45) is 6.83. The lowest BCUT2D eigenvalue weighted by Gasteiger charge is -2.32. The van der Waals surface area contributed by atoms with Crippen molar-refractivity contribution < 1.29 is 4.79 Å². The van der Waals surface area contributed by atoms with Crippen LogP contribution in [-0.4, -0.2) is 41.5 Å². The van der Waals surface area contributed by atoms with Crippen molar-refractivity contribution in [3.8, 4) is 0 Å². The van der Waals surface area contributed by atoms with E-state index in [4.69, 9.17) is 0 Å². The van der Waals surface area contributed by atoms with Crippen molar-refractivity contribution in [1.82, 2.24) is 15.2 Å². The predicted molar refractivity (Wildman–Crippen MR) is 98.7 cm³/mol. The lowest BCUT2D eigenvalue weighted by Crippen LogP contribution is -2.45. The van der Waals surface area contributed by atoms with Crippen LogP contribution >= 0.6 is 11.3 Å². The monoisotopic (exact) mass is 343 g/mol. The highest BCUT2D eigenvalue weighted by molar-refractivity contribution is 7.12. The molecule has 128 valence electrons. The van der Waals surface area contributed by atoms with Gasteiger partial charge in [0.1, 0.15) is 0 Å². The van der Waals surface area contributed by atoms with E-state index in [1.54, 1.807) is 11.3 Å². The van der Waals surface area contributed by atoms with Crippen molar-refractivity contribution in [1.29, 1.82) is 0 Å². The van der Waals surface area contributed by atoms with E-state index in [2.05, 4.69) is 34.3 Å². The van der Waals surface area contributed by atoms with E-state index in [0.717, 1.165) is 49.3 Å². The first-order valence-corrected chi connectivity index (χ1v) is 9.42. The SMILES string of the molecule is Cc1cc(C(=O)NC2CCN(CCc3ccncc3)CC2)c(C)s1. The van der Waals surface area contributed by atoms with E-state index in [0.29, 0.717) is 6.04 Å². The average molecular weight is 343 g/mol. The van der Waals surface area contributed by atoms with Crippen LogP contribution in [0, 0.1) is 13.8 Å². The number of piperidine rings is 1. The summed E-state index contributed by atoms with van der Waals surface area (Å²) in [6.45, 7) is 7.26. The molecule has 0 unspecified atom stereocenters. The summed E-state index contributed by atoms with van der Waals surface area (Å²) in [6, 6.07) is 6.46. The number of hydrogen-bond acceptors (Lipinski definition) is 4. The summed E-state index contributed by atoms with van der Waals surface area (Å²) >= 11 is 1.69. The van der Waals surface area contributed by atoms with E-state index in [-0.39, 0.29) is 5.91 Å². The Bertz CT molecular complexity index is 675. The van der Waals surface area contributed by atoms with Crippen molar-refractivity contribution in [2.24, 2.45) is 0 Å². The minimum absolute atomic E-state index is 0.0899. The van der Waals surface area contributed by atoms with Gasteiger partial charge in [-0.3, -0.25) is 9.78 Å². The maximum Gasteiger partial charge on any atom is 0.252 e. The molecule has 0 aliphatic carbocycles. The van der Waals surface area contributed by atoms with Gasteiger partial charge in [-0.2, -0.15) is 0 Å². The Morgan fingerprint density at radius 3 is 2.62 bits per heavy atom. The first-order chi connectivity index (χ1) is 11.6. The molecule has 0 saturated carbocycles. The van der Waals surface area contributed by atoms with E-state index < -0.39 is 0 Å². The highest BCUT2D eigenvalue weighted by atomic mass is 32.1. The Balaban J connectivity index is 1.43. The maximum atomic E-state index is 12.4. The summed E-state index contributed by atoms with van der Waals surface area (Å²) < 4.78 is 0. The van der Waals surface area contributed by atoms with E-state index >= 15 is 0 Å². The van der Waals surface area contributed by atoms with Crippen molar-refractivity contribution in [3.05, 3.63) is 51.5 Å². The number of hydrogen-bond donors (Lipinski definition) is 1. The lowest BCUT2D eigenvalue weighted by atomic mass is 10.0. The highest BCUT2D eigenvalue weighted by Crippen LogP contribution is 2.21. The van der Waals surface area contributed by atoms with Crippen LogP contribution in [-0.2, 0) is 6.42 Å². The number of amides is 1. The smallest absolute Gasteiger partial charge is 0.252 e. The molecule has 1 amide bonds. The minimum Gasteiger partial charge on any atom is -0.349 e. The average Bonchev–Trinajstić information content (AvgIpc) is 2.94. The van der Waals surface area contributed by atoms with Gasteiger partial charge in [-0.15, -0.1) is 11.3 Å². The molecule has 3 heterocycles. The Hall–Kier alpha value is -1.72. The molecule has 4 nitrogen and oxygen atoms in total. The molecular weight excluding hydrogens is 318 g/mol. The lowest BCUT2D eigenvalue weighted by molar-refractivity contribution is 0.0911. The van der Waals surface area contributed by atoms with Crippen LogP contribution in [0.2, 0.25) is 0 Å². The third-order valence-electron chi connectivity index (χ3n) is 4.67. The third-order valence-corrected chi connectivity index (χ3v) is 5.64. The van der Waals surface area contributed by atoms with Gasteiger partial charge >= 0.3 is 0 Å². The predicted octanol–water partition coefficient (Wildman–Crippen LogP) is 3.20. The summed E-state index contributed by atoms with van der Waals surface area (Å²) in [5.41, 5.74) is 2.18. The van der Waals surface area contributed by atoms with E-state index in [1.807, 2.05) is 25.4 Å². The number of aromatic nitrogens is 1. The van der Waals surface area contributed by atoms with Crippen LogP contribution in [0.15, 0.2) is 30.6 Å². The van der Waals surface area contributed by atoms with Gasteiger partial charge in [0.25, 0.3) is 5.91 Å². The van der Waals surface area contributed by atoms with Gasteiger partial charge in [-0.25, -0.2) is 0 Å². The molecule has 1 aliphatic rings. The molecule has 0 aromatic carbocycles. The molecule has 1 N–H and O–H groups in total. The fraction of sp³-hybridized carbons (Fsp3) is 0.474. The maximum absolute atomic E-state index is 12.4. The molecule has 1 fully saturated rings. The van der Waals surface area contributed by atoms with Crippen molar-refractivity contribution in [3.63, 3.8) is 0 Å². The Kier molecular flexibility index (Phi) is 5.63. The number of carbonyl (C=O) groups is 1. The first-order valence-electron chi connectivity index (χ1n) is 8.61. The molecule has 24 heavy (non-hydrogen) atoms. The number of aryl methyl sites for hydroxylation is 2. The summed E-state index contributed by atoms with van der Waals surface area (Å²) in [5, 5.41) is 3.22. The molecule has 5 heteroatoms. The molecule has 1 aliphatic heterocycles. The third kappa shape index (κ3) is 4.42. The topological polar surface area (TPSA) is 45.2 Å². The number of thiophene rings is 1. The molecule has 0 radical (unpaired) electrons. The van der Waals surface area contributed by atoms with Gasteiger partial charge in [0.05, 0.1) is 5.56 Å². The Morgan fingerprint density at radius 2 is 2.00 bits per heavy atom. The molecule has 1 saturated heterocycles. The van der Waals surface area contributed by atoms with Crippen molar-refractivity contribution >= 4 is 17.2 Å². The molecule has 0 bridgehead atoms. The van der Waals surface area contributed by atoms with Crippen molar-refractivity contribution in [2.75, 3.05) is 19.6 Å². The molecule has 2 aromatic heterocycles. The van der Waals surface area contributed by atoms with Gasteiger partial charge in [0.15, 0.2) is 0 Å². The van der Waals surface area contributed by atoms with Crippen LogP contribution in [0.1, 0.15) is 38.5 Å². The summed E-state index contributed by atoms with van der Waals surface area (Å²) in [7, 11) is 0. The molecule has 2 aromatic rings. The minimum atomic E-state index is 0.0899. The van der Waals surface area contributed by atoms with Gasteiger partial charge < -0.3 is 10.2 Å². The van der Waals surface area contributed by atoms with Crippen LogP contribution < -0.4 is 5.32 Å². The Labute approximate surface area is 147 Å². The molecular formula is C19H25N3OS. The summed E-state index contributed by atoms with van der Waals surface area (Å²) in [5.74, 6) is 0.0899. The zero-order valence-corrected chi connectivity index (χ0v) is 15.2. The molecule has 0 atom stereocenters. The number of rotatable bonds is 5. The number of nitrogens with zero attached hydrogens (tertiary/aromatic N) is 2. The zero-order valence-electron chi connectivity index (χ0n) is 14.4. The zero-order chi connectivity index (χ0) is 16.9. The second kappa shape index (κ2) is 7.90. The first kappa shape index (κ1) is 17.1. The largest absolute Gasteiger partial charge is 0.349 e. The Morgan fingerprint density at radius 1 is 1.29 bits per heavy atom. The number of likely N-dealkylation sites (tertiary alicyclic amines) is 1. The van der Waals surface area contributed by atoms with Gasteiger partial charge in [0, 0.05) is 47.8 Å². The number of carbonyl (C=O) groups excluding carboxylic acids is 1. The molecule has 0 spiro atoms. The van der Waals surface area contributed by atoms with Crippen LogP contribution in [0.4, 0.5) is 0 Å². The van der Waals surface area contributed by atoms with Gasteiger partial charge in [-0.1, -0.05) is 0 Å². The number of nitrogens with one attached hydrogen (secondary N) is 1. The fourth-order valence-electron chi connectivity index (χ4n) is 3.26. The second-order valence-corrected chi connectivity index (χ2v) is 7.98. The van der Waals surface area contributed by atoms with Gasteiger partial charge in [0.2, 0.25) is 0 Å². The second-order valence-electron chi connectivity index (χ2n) is 6.52. The van der Waals surface area contributed by atoms with E-state index in [1.165, 1.54) is 10.4 Å². The number of pyridine rings is 1. The molecule has 3 rings (SSSR count). The van der Waals surface area contributed by atoms with E-state index in [9.17, 15) is 4.79 Å². The highest BCUT2D eigenvalue weighted by Gasteiger charge is 2.22. The normalized spacial score (nSPS) is 16.2. The quantitative estimate of drug-likeness (QED) is 0.907. The van der Waals surface area contributed by atoms with Crippen LogP contribution in [0.3, 0.4) is 0 Å². The standard InChI is InChI=1S/C19H25N3OS/c1-14-13-18(15(2)24-14)19(23)21-17-6-11-22(12-7-17)10-5-16-3-8-20-9-4-16/h3-4,8-9,13,17H,5-7,10-12H2,1-2H3,(H,21,23). The van der Waals surface area contributed by atoms with Crippen LogP contribution in [0.25, 0.3) is 0 Å². The van der Waals surface area contributed by atoms with Gasteiger partial charge in [-0.05, 0) is 56.9 Å². The van der Waals surface area contributed by atoms with Crippen LogP contribution in [0.5, 0.6) is 0 Å². The van der Waals surface area contributed by atoms with Crippen molar-refractivity contribution in [2.45, 2.75) is 39.2 Å². The summed E-state index contributed by atoms with van der Waals surface area (Å²) in [4.78, 5) is 21.3.